The molecule has 1 heterocycles. The monoisotopic (exact) mass is 370 g/mol. The quantitative estimate of drug-likeness (QED) is 0.395. The average molecular weight is 371 g/mol. The third kappa shape index (κ3) is 2.67. The van der Waals surface area contributed by atoms with E-state index in [1.165, 1.54) is 10.8 Å². The van der Waals surface area contributed by atoms with Gasteiger partial charge in [-0.1, -0.05) is 6.07 Å². The zero-order valence-corrected chi connectivity index (χ0v) is 16.0. The molecule has 0 aliphatic heterocycles. The van der Waals surface area contributed by atoms with E-state index in [0.29, 0.717) is 0 Å². The van der Waals surface area contributed by atoms with Crippen molar-refractivity contribution in [2.75, 3.05) is 21.3 Å². The fraction of sp³-hybridized carbons (Fsp3) is 0.190. The number of halogens is 1. The molecule has 26 heavy (non-hydrogen) atoms. The highest BCUT2D eigenvalue weighted by Crippen LogP contribution is 2.36. The molecule has 134 valence electrons. The van der Waals surface area contributed by atoms with Crippen molar-refractivity contribution in [3.05, 3.63) is 48.7 Å². The number of pyridine rings is 1. The van der Waals surface area contributed by atoms with Gasteiger partial charge in [0.05, 0.1) is 37.5 Å². The van der Waals surface area contributed by atoms with Crippen LogP contribution < -0.4 is 18.8 Å². The molecule has 0 aliphatic rings. The fourth-order valence-corrected chi connectivity index (χ4v) is 3.53. The normalized spacial score (nSPS) is 10.8. The molecular formula is C21H21ClNO3+. The topological polar surface area (TPSA) is 31.6 Å². The number of fused-ring (bicyclic) bond motifs is 5. The summed E-state index contributed by atoms with van der Waals surface area (Å²) in [4.78, 5) is 0. The highest BCUT2D eigenvalue weighted by atomic mass is 35.5. The van der Waals surface area contributed by atoms with Gasteiger partial charge >= 0.3 is 0 Å². The largest absolute Gasteiger partial charge is 0.497 e. The van der Waals surface area contributed by atoms with Crippen LogP contribution in [0.15, 0.2) is 48.7 Å². The van der Waals surface area contributed by atoms with E-state index in [1.54, 1.807) is 21.3 Å². The van der Waals surface area contributed by atoms with Crippen molar-refractivity contribution in [2.45, 2.75) is 0 Å². The van der Waals surface area contributed by atoms with Crippen molar-refractivity contribution in [1.29, 1.82) is 0 Å². The Labute approximate surface area is 158 Å². The number of benzene rings is 3. The van der Waals surface area contributed by atoms with Gasteiger partial charge in [-0.25, -0.2) is 0 Å². The number of methoxy groups -OCH3 is 3. The lowest BCUT2D eigenvalue weighted by Gasteiger charge is -2.11. The summed E-state index contributed by atoms with van der Waals surface area (Å²) in [5.41, 5.74) is 1.16. The predicted molar refractivity (Wildman–Crippen MR) is 107 cm³/mol. The molecule has 0 saturated heterocycles. The van der Waals surface area contributed by atoms with Gasteiger partial charge in [-0.3, -0.25) is 0 Å². The minimum atomic E-state index is 0. The molecule has 0 fully saturated rings. The Kier molecular flexibility index (Phi) is 4.79. The Morgan fingerprint density at radius 2 is 1.38 bits per heavy atom. The molecule has 0 atom stereocenters. The highest BCUT2D eigenvalue weighted by Gasteiger charge is 2.17. The smallest absolute Gasteiger partial charge is 0.220 e. The molecule has 4 rings (SSSR count). The van der Waals surface area contributed by atoms with Crippen LogP contribution in [0.2, 0.25) is 0 Å². The molecule has 0 amide bonds. The van der Waals surface area contributed by atoms with Gasteiger partial charge in [0.2, 0.25) is 5.52 Å². The number of hydrogen-bond acceptors (Lipinski definition) is 3. The fourth-order valence-electron chi connectivity index (χ4n) is 3.53. The molecule has 5 heteroatoms. The van der Waals surface area contributed by atoms with Crippen LogP contribution >= 0.6 is 12.4 Å². The van der Waals surface area contributed by atoms with Gasteiger partial charge in [0.15, 0.2) is 17.7 Å². The second-order valence-corrected chi connectivity index (χ2v) is 6.08. The van der Waals surface area contributed by atoms with Crippen LogP contribution in [-0.4, -0.2) is 21.3 Å². The summed E-state index contributed by atoms with van der Waals surface area (Å²) >= 11 is 0. The van der Waals surface area contributed by atoms with Gasteiger partial charge in [-0.05, 0) is 41.8 Å². The molecule has 0 unspecified atom stereocenters. The van der Waals surface area contributed by atoms with Gasteiger partial charge < -0.3 is 14.2 Å². The number of hydrogen-bond donors (Lipinski definition) is 0. The molecule has 3 aromatic carbocycles. The third-order valence-electron chi connectivity index (χ3n) is 4.73. The van der Waals surface area contributed by atoms with Gasteiger partial charge in [0.1, 0.15) is 12.8 Å². The first-order valence-corrected chi connectivity index (χ1v) is 8.11. The maximum atomic E-state index is 5.50. The van der Waals surface area contributed by atoms with Crippen molar-refractivity contribution in [1.82, 2.24) is 0 Å². The van der Waals surface area contributed by atoms with E-state index in [9.17, 15) is 0 Å². The van der Waals surface area contributed by atoms with Gasteiger partial charge in [0, 0.05) is 5.39 Å². The summed E-state index contributed by atoms with van der Waals surface area (Å²) < 4.78 is 18.5. The van der Waals surface area contributed by atoms with E-state index >= 15 is 0 Å². The number of rotatable bonds is 3. The van der Waals surface area contributed by atoms with E-state index in [1.807, 2.05) is 18.2 Å². The van der Waals surface area contributed by atoms with Crippen LogP contribution in [-0.2, 0) is 7.05 Å². The molecule has 0 saturated carbocycles. The number of aromatic nitrogens is 1. The molecule has 0 bridgehead atoms. The molecule has 4 aromatic rings. The standard InChI is InChI=1S/C21H20NO3.ClH/c1-22-12-14-9-15(23-2)6-8-16(14)17-7-5-13-10-19(24-3)20(25-4)11-18(13)21(17)22;/h5-12H,1-4H3;1H/q+1;. The number of ether oxygens (including phenoxy) is 3. The van der Waals surface area contributed by atoms with Crippen molar-refractivity contribution >= 4 is 44.9 Å². The van der Waals surface area contributed by atoms with Crippen LogP contribution in [0.1, 0.15) is 0 Å². The Bertz CT molecular complexity index is 1120. The lowest BCUT2D eigenvalue weighted by Crippen LogP contribution is -2.28. The molecule has 0 radical (unpaired) electrons. The highest BCUT2D eigenvalue weighted by molar-refractivity contribution is 6.14. The molecule has 1 aromatic heterocycles. The second kappa shape index (κ2) is 6.89. The van der Waals surface area contributed by atoms with Crippen LogP contribution in [0, 0.1) is 0 Å². The Morgan fingerprint density at radius 3 is 2.08 bits per heavy atom. The van der Waals surface area contributed by atoms with E-state index in [0.717, 1.165) is 38.9 Å². The van der Waals surface area contributed by atoms with Crippen molar-refractivity contribution < 1.29 is 18.8 Å². The van der Waals surface area contributed by atoms with E-state index in [4.69, 9.17) is 14.2 Å². The summed E-state index contributed by atoms with van der Waals surface area (Å²) in [6.45, 7) is 0. The summed E-state index contributed by atoms with van der Waals surface area (Å²) in [5.74, 6) is 2.33. The molecule has 4 nitrogen and oxygen atoms in total. The SMILES string of the molecule is COc1ccc2c(c1)c[n+](C)c1c3cc(OC)c(OC)cc3ccc21.Cl. The van der Waals surface area contributed by atoms with Crippen molar-refractivity contribution in [3.8, 4) is 17.2 Å². The van der Waals surface area contributed by atoms with Gasteiger partial charge in [-0.2, -0.15) is 4.57 Å². The van der Waals surface area contributed by atoms with Crippen molar-refractivity contribution in [3.63, 3.8) is 0 Å². The lowest BCUT2D eigenvalue weighted by atomic mass is 10.0. The Balaban J connectivity index is 0.00000196. The summed E-state index contributed by atoms with van der Waals surface area (Å²) in [6, 6.07) is 14.5. The van der Waals surface area contributed by atoms with Crippen LogP contribution in [0.3, 0.4) is 0 Å². The molecule has 0 aliphatic carbocycles. The zero-order chi connectivity index (χ0) is 17.6. The predicted octanol–water partition coefficient (Wildman–Crippen LogP) is 4.42. The maximum absolute atomic E-state index is 5.50. The van der Waals surface area contributed by atoms with Crippen LogP contribution in [0.25, 0.3) is 32.4 Å². The maximum Gasteiger partial charge on any atom is 0.220 e. The van der Waals surface area contributed by atoms with E-state index < -0.39 is 0 Å². The number of aryl methyl sites for hydroxylation is 1. The Hall–Kier alpha value is -2.72. The second-order valence-electron chi connectivity index (χ2n) is 6.08. The lowest BCUT2D eigenvalue weighted by molar-refractivity contribution is -0.642. The van der Waals surface area contributed by atoms with Gasteiger partial charge in [0.25, 0.3) is 0 Å². The molecule has 0 spiro atoms. The first-order chi connectivity index (χ1) is 12.2. The summed E-state index contributed by atoms with van der Waals surface area (Å²) in [7, 11) is 7.08. The molecule has 0 N–H and O–H groups in total. The summed E-state index contributed by atoms with van der Waals surface area (Å²) in [5, 5.41) is 5.80. The van der Waals surface area contributed by atoms with E-state index in [2.05, 4.69) is 42.1 Å². The Morgan fingerprint density at radius 1 is 0.692 bits per heavy atom. The first-order valence-electron chi connectivity index (χ1n) is 8.11. The van der Waals surface area contributed by atoms with E-state index in [-0.39, 0.29) is 12.4 Å². The number of nitrogens with zero attached hydrogens (tertiary/aromatic N) is 1. The molecular weight excluding hydrogens is 350 g/mol. The van der Waals surface area contributed by atoms with Gasteiger partial charge in [-0.15, -0.1) is 12.4 Å². The first kappa shape index (κ1) is 18.1. The minimum absolute atomic E-state index is 0. The third-order valence-corrected chi connectivity index (χ3v) is 4.73. The van der Waals surface area contributed by atoms with Crippen LogP contribution in [0.4, 0.5) is 0 Å². The average Bonchev–Trinajstić information content (AvgIpc) is 2.65. The minimum Gasteiger partial charge on any atom is -0.497 e. The zero-order valence-electron chi connectivity index (χ0n) is 15.2. The van der Waals surface area contributed by atoms with Crippen LogP contribution in [0.5, 0.6) is 17.2 Å². The summed E-state index contributed by atoms with van der Waals surface area (Å²) in [6.07, 6.45) is 2.14. The van der Waals surface area contributed by atoms with Crippen molar-refractivity contribution in [2.24, 2.45) is 7.05 Å².